The number of aromatic nitrogens is 2. The summed E-state index contributed by atoms with van der Waals surface area (Å²) in [7, 11) is -3.62. The maximum atomic E-state index is 14.1. The molecule has 2 heterocycles. The zero-order valence-corrected chi connectivity index (χ0v) is 20.3. The Bertz CT molecular complexity index is 1240. The van der Waals surface area contributed by atoms with Crippen LogP contribution in [0.15, 0.2) is 46.5 Å². The van der Waals surface area contributed by atoms with Crippen molar-refractivity contribution in [3.05, 3.63) is 53.6 Å². The van der Waals surface area contributed by atoms with Crippen molar-refractivity contribution in [2.24, 2.45) is 0 Å². The minimum atomic E-state index is -3.62. The van der Waals surface area contributed by atoms with E-state index >= 15 is 0 Å². The summed E-state index contributed by atoms with van der Waals surface area (Å²) in [5.74, 6) is -0.948. The summed E-state index contributed by atoms with van der Waals surface area (Å²) in [4.78, 5) is 4.89. The molecule has 1 fully saturated rings. The van der Waals surface area contributed by atoms with Crippen molar-refractivity contribution >= 4 is 32.8 Å². The lowest BCUT2D eigenvalue weighted by Gasteiger charge is -2.18. The number of imidazole rings is 1. The minimum Gasteiger partial charge on any atom is -0.376 e. The van der Waals surface area contributed by atoms with Crippen molar-refractivity contribution in [2.45, 2.75) is 55.1 Å². The van der Waals surface area contributed by atoms with Crippen LogP contribution in [0.3, 0.4) is 0 Å². The summed E-state index contributed by atoms with van der Waals surface area (Å²) in [5, 5.41) is 0.640. The molecule has 1 unspecified atom stereocenters. The minimum absolute atomic E-state index is 0.0448. The van der Waals surface area contributed by atoms with Gasteiger partial charge in [-0.2, -0.15) is 4.31 Å². The van der Waals surface area contributed by atoms with E-state index in [2.05, 4.69) is 0 Å². The Hall–Kier alpha value is -2.01. The van der Waals surface area contributed by atoms with Crippen LogP contribution in [-0.2, 0) is 27.1 Å². The van der Waals surface area contributed by atoms with E-state index in [0.717, 1.165) is 24.4 Å². The lowest BCUT2D eigenvalue weighted by Crippen LogP contribution is -2.30. The van der Waals surface area contributed by atoms with Gasteiger partial charge in [0.15, 0.2) is 5.16 Å². The summed E-state index contributed by atoms with van der Waals surface area (Å²) >= 11 is 1.33. The van der Waals surface area contributed by atoms with Crippen molar-refractivity contribution in [3.8, 4) is 0 Å². The molecular weight excluding hydrogens is 468 g/mol. The third-order valence-corrected chi connectivity index (χ3v) is 8.88. The zero-order valence-electron chi connectivity index (χ0n) is 18.6. The summed E-state index contributed by atoms with van der Waals surface area (Å²) in [6.45, 7) is 5.67. The van der Waals surface area contributed by atoms with Crippen LogP contribution in [0.1, 0.15) is 32.3 Å². The highest BCUT2D eigenvalue weighted by atomic mass is 32.2. The number of halogens is 2. The first-order valence-electron chi connectivity index (χ1n) is 11.0. The van der Waals surface area contributed by atoms with Gasteiger partial charge in [0.05, 0.1) is 28.6 Å². The molecule has 0 N–H and O–H groups in total. The van der Waals surface area contributed by atoms with E-state index in [0.29, 0.717) is 42.5 Å². The van der Waals surface area contributed by atoms with Gasteiger partial charge in [0.25, 0.3) is 0 Å². The van der Waals surface area contributed by atoms with E-state index in [9.17, 15) is 17.2 Å². The molecular formula is C23H27F2N3O3S2. The molecule has 1 aliphatic rings. The molecule has 0 amide bonds. The number of thioether (sulfide) groups is 1. The molecule has 0 aliphatic carbocycles. The average molecular weight is 496 g/mol. The highest BCUT2D eigenvalue weighted by Crippen LogP contribution is 2.31. The fourth-order valence-corrected chi connectivity index (χ4v) is 6.51. The van der Waals surface area contributed by atoms with Gasteiger partial charge in [-0.25, -0.2) is 22.2 Å². The summed E-state index contributed by atoms with van der Waals surface area (Å²) < 4.78 is 62.6. The third-order valence-electron chi connectivity index (χ3n) is 5.81. The van der Waals surface area contributed by atoms with Crippen LogP contribution in [0.4, 0.5) is 8.78 Å². The zero-order chi connectivity index (χ0) is 23.6. The van der Waals surface area contributed by atoms with Crippen LogP contribution in [0.25, 0.3) is 11.0 Å². The fourth-order valence-electron chi connectivity index (χ4n) is 4.02. The Morgan fingerprint density at radius 1 is 1.18 bits per heavy atom. The number of hydrogen-bond acceptors (Lipinski definition) is 5. The Labute approximate surface area is 197 Å². The van der Waals surface area contributed by atoms with Crippen molar-refractivity contribution in [1.29, 1.82) is 0 Å². The molecule has 0 spiro atoms. The number of hydrogen-bond donors (Lipinski definition) is 0. The third kappa shape index (κ3) is 5.08. The molecule has 178 valence electrons. The van der Waals surface area contributed by atoms with Gasteiger partial charge in [0.1, 0.15) is 11.6 Å². The molecule has 1 atom stereocenters. The maximum Gasteiger partial charge on any atom is 0.243 e. The van der Waals surface area contributed by atoms with Crippen molar-refractivity contribution in [3.63, 3.8) is 0 Å². The maximum absolute atomic E-state index is 14.1. The second kappa shape index (κ2) is 10.1. The van der Waals surface area contributed by atoms with Crippen LogP contribution in [0.5, 0.6) is 0 Å². The van der Waals surface area contributed by atoms with E-state index < -0.39 is 21.7 Å². The van der Waals surface area contributed by atoms with Crippen LogP contribution in [0.2, 0.25) is 0 Å². The summed E-state index contributed by atoms with van der Waals surface area (Å²) in [5.41, 5.74) is 1.73. The smallest absolute Gasteiger partial charge is 0.243 e. The fraction of sp³-hybridized carbons (Fsp3) is 0.435. The first kappa shape index (κ1) is 24.1. The molecule has 1 aromatic heterocycles. The molecule has 1 saturated heterocycles. The van der Waals surface area contributed by atoms with Gasteiger partial charge in [0.2, 0.25) is 10.0 Å². The number of ether oxygens (including phenoxy) is 1. The second-order valence-electron chi connectivity index (χ2n) is 7.90. The Morgan fingerprint density at radius 3 is 2.64 bits per heavy atom. The molecule has 3 aromatic rings. The normalized spacial score (nSPS) is 16.8. The van der Waals surface area contributed by atoms with Gasteiger partial charge in [-0.1, -0.05) is 31.7 Å². The molecule has 33 heavy (non-hydrogen) atoms. The molecule has 1 aliphatic heterocycles. The van der Waals surface area contributed by atoms with Crippen molar-refractivity contribution in [1.82, 2.24) is 13.9 Å². The number of sulfonamides is 1. The highest BCUT2D eigenvalue weighted by Gasteiger charge is 2.25. The number of fused-ring (bicyclic) bond motifs is 1. The molecule has 2 aromatic carbocycles. The summed E-state index contributed by atoms with van der Waals surface area (Å²) in [6, 6.07) is 8.51. The van der Waals surface area contributed by atoms with Gasteiger partial charge in [-0.05, 0) is 42.7 Å². The van der Waals surface area contributed by atoms with E-state index in [4.69, 9.17) is 9.72 Å². The summed E-state index contributed by atoms with van der Waals surface area (Å²) in [6.07, 6.45) is 1.97. The molecule has 4 rings (SSSR count). The van der Waals surface area contributed by atoms with E-state index in [1.807, 2.05) is 4.57 Å². The van der Waals surface area contributed by atoms with Crippen LogP contribution < -0.4 is 0 Å². The predicted molar refractivity (Wildman–Crippen MR) is 125 cm³/mol. The van der Waals surface area contributed by atoms with Gasteiger partial charge < -0.3 is 9.30 Å². The number of benzene rings is 2. The lowest BCUT2D eigenvalue weighted by molar-refractivity contribution is 0.0960. The monoisotopic (exact) mass is 495 g/mol. The van der Waals surface area contributed by atoms with E-state index in [-0.39, 0.29) is 16.8 Å². The predicted octanol–water partition coefficient (Wildman–Crippen LogP) is 4.82. The Kier molecular flexibility index (Phi) is 7.37. The first-order valence-corrected chi connectivity index (χ1v) is 13.4. The standard InChI is InChI=1S/C23H27F2N3O3S2/c1-3-27(4-2)33(29,30)19-9-10-22-21(13-19)26-23(28(22)14-18-6-5-11-31-18)32-15-16-7-8-17(24)12-20(16)25/h7-10,12-13,18H,3-6,11,14-15H2,1-2H3. The van der Waals surface area contributed by atoms with Gasteiger partial charge in [-0.3, -0.25) is 0 Å². The quantitative estimate of drug-likeness (QED) is 0.399. The topological polar surface area (TPSA) is 64.4 Å². The van der Waals surface area contributed by atoms with Crippen LogP contribution in [-0.4, -0.2) is 48.1 Å². The lowest BCUT2D eigenvalue weighted by atomic mass is 10.2. The second-order valence-corrected chi connectivity index (χ2v) is 10.8. The molecule has 6 nitrogen and oxygen atoms in total. The number of nitrogens with zero attached hydrogens (tertiary/aromatic N) is 3. The average Bonchev–Trinajstić information content (AvgIpc) is 3.42. The highest BCUT2D eigenvalue weighted by molar-refractivity contribution is 7.98. The van der Waals surface area contributed by atoms with E-state index in [1.54, 1.807) is 32.0 Å². The van der Waals surface area contributed by atoms with Crippen LogP contribution >= 0.6 is 11.8 Å². The largest absolute Gasteiger partial charge is 0.376 e. The molecule has 10 heteroatoms. The van der Waals surface area contributed by atoms with Crippen LogP contribution in [0, 0.1) is 11.6 Å². The Balaban J connectivity index is 1.70. The van der Waals surface area contributed by atoms with Crippen molar-refractivity contribution in [2.75, 3.05) is 19.7 Å². The molecule has 0 radical (unpaired) electrons. The Morgan fingerprint density at radius 2 is 1.97 bits per heavy atom. The molecule has 0 bridgehead atoms. The van der Waals surface area contributed by atoms with Gasteiger partial charge >= 0.3 is 0 Å². The molecule has 0 saturated carbocycles. The van der Waals surface area contributed by atoms with Crippen molar-refractivity contribution < 1.29 is 21.9 Å². The SMILES string of the molecule is CCN(CC)S(=O)(=O)c1ccc2c(c1)nc(SCc1ccc(F)cc1F)n2CC1CCCO1. The first-order chi connectivity index (χ1) is 15.8. The van der Waals surface area contributed by atoms with Gasteiger partial charge in [-0.15, -0.1) is 0 Å². The number of rotatable bonds is 9. The van der Waals surface area contributed by atoms with E-state index in [1.165, 1.54) is 28.2 Å². The van der Waals surface area contributed by atoms with Gasteiger partial charge in [0, 0.05) is 31.5 Å².